The van der Waals surface area contributed by atoms with Crippen molar-refractivity contribution in [1.82, 2.24) is 20.2 Å². The minimum atomic E-state index is -0.410. The van der Waals surface area contributed by atoms with Crippen molar-refractivity contribution in [1.29, 1.82) is 0 Å². The number of halogens is 2. The van der Waals surface area contributed by atoms with Crippen molar-refractivity contribution < 1.29 is 8.78 Å². The van der Waals surface area contributed by atoms with E-state index in [-0.39, 0.29) is 5.82 Å². The lowest BCUT2D eigenvalue weighted by atomic mass is 10.1. The van der Waals surface area contributed by atoms with Gasteiger partial charge < -0.3 is 4.90 Å². The number of rotatable bonds is 4. The summed E-state index contributed by atoms with van der Waals surface area (Å²) in [5, 5.41) is 8.20. The van der Waals surface area contributed by atoms with Gasteiger partial charge in [0.15, 0.2) is 0 Å². The molecule has 0 bridgehead atoms. The quantitative estimate of drug-likeness (QED) is 0.465. The lowest BCUT2D eigenvalue weighted by molar-refractivity contribution is 0.625. The van der Waals surface area contributed by atoms with E-state index >= 15 is 0 Å². The molecule has 0 saturated heterocycles. The molecular formula is C22H15F2N5. The minimum Gasteiger partial charge on any atom is -0.321 e. The fraction of sp³-hybridized carbons (Fsp3) is 0.0455. The maximum atomic E-state index is 14.7. The van der Waals surface area contributed by atoms with E-state index < -0.39 is 5.82 Å². The Labute approximate surface area is 164 Å². The van der Waals surface area contributed by atoms with Gasteiger partial charge in [-0.25, -0.2) is 18.7 Å². The molecule has 3 aromatic carbocycles. The zero-order chi connectivity index (χ0) is 19.8. The number of aromatic nitrogens is 4. The normalized spacial score (nSPS) is 11.2. The van der Waals surface area contributed by atoms with Gasteiger partial charge in [0.1, 0.15) is 23.8 Å². The largest absolute Gasteiger partial charge is 0.321 e. The Kier molecular flexibility index (Phi) is 4.13. The van der Waals surface area contributed by atoms with Gasteiger partial charge in [0.05, 0.1) is 22.6 Å². The number of hydrogen-bond donors (Lipinski definition) is 1. The van der Waals surface area contributed by atoms with E-state index in [0.29, 0.717) is 23.3 Å². The van der Waals surface area contributed by atoms with Gasteiger partial charge in [-0.3, -0.25) is 5.10 Å². The number of anilines is 2. The number of nitrogens with one attached hydrogen (secondary N) is 1. The molecule has 0 aliphatic carbocycles. The van der Waals surface area contributed by atoms with Crippen LogP contribution >= 0.6 is 0 Å². The molecule has 142 valence electrons. The molecular weight excluding hydrogens is 372 g/mol. The van der Waals surface area contributed by atoms with Crippen molar-refractivity contribution in [2.45, 2.75) is 6.54 Å². The number of fused-ring (bicyclic) bond motifs is 2. The highest BCUT2D eigenvalue weighted by Crippen LogP contribution is 2.34. The van der Waals surface area contributed by atoms with Gasteiger partial charge in [0, 0.05) is 17.6 Å². The molecule has 2 aromatic heterocycles. The fourth-order valence-corrected chi connectivity index (χ4v) is 3.46. The van der Waals surface area contributed by atoms with Gasteiger partial charge in [-0.2, -0.15) is 5.10 Å². The van der Waals surface area contributed by atoms with Crippen molar-refractivity contribution >= 4 is 33.3 Å². The van der Waals surface area contributed by atoms with Gasteiger partial charge in [-0.1, -0.05) is 18.2 Å². The average molecular weight is 387 g/mol. The summed E-state index contributed by atoms with van der Waals surface area (Å²) in [6, 6.07) is 16.8. The number of nitrogens with zero attached hydrogens (tertiary/aromatic N) is 4. The van der Waals surface area contributed by atoms with E-state index in [9.17, 15) is 8.78 Å². The predicted molar refractivity (Wildman–Crippen MR) is 108 cm³/mol. The number of benzene rings is 3. The summed E-state index contributed by atoms with van der Waals surface area (Å²) in [6.45, 7) is 0.307. The molecule has 29 heavy (non-hydrogen) atoms. The SMILES string of the molecule is Fc1cccc(CN(c2ccc3[nH]ncc3c2)c2ncnc3cccc(F)c23)c1. The third-order valence-electron chi connectivity index (χ3n) is 4.81. The molecule has 1 N–H and O–H groups in total. The number of H-pyrrole nitrogens is 1. The van der Waals surface area contributed by atoms with Crippen molar-refractivity contribution in [3.8, 4) is 0 Å². The summed E-state index contributed by atoms with van der Waals surface area (Å²) < 4.78 is 28.5. The summed E-state index contributed by atoms with van der Waals surface area (Å²) in [6.07, 6.45) is 3.13. The molecule has 0 atom stereocenters. The second kappa shape index (κ2) is 6.94. The average Bonchev–Trinajstić information content (AvgIpc) is 3.20. The van der Waals surface area contributed by atoms with E-state index in [1.807, 2.05) is 29.2 Å². The molecule has 0 unspecified atom stereocenters. The van der Waals surface area contributed by atoms with Gasteiger partial charge in [-0.15, -0.1) is 0 Å². The van der Waals surface area contributed by atoms with Crippen molar-refractivity contribution in [3.63, 3.8) is 0 Å². The minimum absolute atomic E-state index is 0.307. The second-order valence-corrected chi connectivity index (χ2v) is 6.69. The molecule has 0 fully saturated rings. The zero-order valence-corrected chi connectivity index (χ0v) is 15.2. The summed E-state index contributed by atoms with van der Waals surface area (Å²) >= 11 is 0. The van der Waals surface area contributed by atoms with Gasteiger partial charge in [-0.05, 0) is 48.0 Å². The van der Waals surface area contributed by atoms with E-state index in [1.54, 1.807) is 24.4 Å². The van der Waals surface area contributed by atoms with Crippen LogP contribution in [0.1, 0.15) is 5.56 Å². The fourth-order valence-electron chi connectivity index (χ4n) is 3.46. The molecule has 5 aromatic rings. The Hall–Kier alpha value is -3.87. The monoisotopic (exact) mass is 387 g/mol. The van der Waals surface area contributed by atoms with Crippen LogP contribution in [-0.2, 0) is 6.54 Å². The standard InChI is InChI=1S/C22H15F2N5/c23-16-4-1-3-14(9-16)12-29(17-7-8-19-15(10-17)11-27-28-19)22-21-18(24)5-2-6-20(21)25-13-26-22/h1-11,13H,12H2,(H,27,28). The molecule has 5 nitrogen and oxygen atoms in total. The summed E-state index contributed by atoms with van der Waals surface area (Å²) in [5.41, 5.74) is 2.91. The first-order valence-electron chi connectivity index (χ1n) is 9.03. The van der Waals surface area contributed by atoms with Crippen molar-refractivity contribution in [2.24, 2.45) is 0 Å². The van der Waals surface area contributed by atoms with Gasteiger partial charge >= 0.3 is 0 Å². The lowest BCUT2D eigenvalue weighted by Gasteiger charge is -2.25. The molecule has 0 saturated carbocycles. The topological polar surface area (TPSA) is 57.7 Å². The maximum Gasteiger partial charge on any atom is 0.147 e. The third kappa shape index (κ3) is 3.16. The van der Waals surface area contributed by atoms with Crippen molar-refractivity contribution in [3.05, 3.63) is 90.4 Å². The summed E-state index contributed by atoms with van der Waals surface area (Å²) in [5.74, 6) is -0.321. The predicted octanol–water partition coefficient (Wildman–Crippen LogP) is 5.12. The zero-order valence-electron chi connectivity index (χ0n) is 15.2. The van der Waals surface area contributed by atoms with Crippen LogP contribution in [0, 0.1) is 11.6 Å². The van der Waals surface area contributed by atoms with Crippen molar-refractivity contribution in [2.75, 3.05) is 4.90 Å². The molecule has 0 amide bonds. The first kappa shape index (κ1) is 17.2. The first-order chi connectivity index (χ1) is 14.2. The van der Waals surface area contributed by atoms with E-state index in [0.717, 1.165) is 22.2 Å². The Morgan fingerprint density at radius 3 is 2.72 bits per heavy atom. The van der Waals surface area contributed by atoms with Crippen LogP contribution in [-0.4, -0.2) is 20.2 Å². The van der Waals surface area contributed by atoms with Crippen LogP contribution in [0.25, 0.3) is 21.8 Å². The molecule has 0 aliphatic rings. The molecule has 0 aliphatic heterocycles. The van der Waals surface area contributed by atoms with E-state index in [2.05, 4.69) is 20.2 Å². The summed E-state index contributed by atoms with van der Waals surface area (Å²) in [4.78, 5) is 10.4. The lowest BCUT2D eigenvalue weighted by Crippen LogP contribution is -2.18. The summed E-state index contributed by atoms with van der Waals surface area (Å²) in [7, 11) is 0. The van der Waals surface area contributed by atoms with Crippen LogP contribution in [0.15, 0.2) is 73.2 Å². The Morgan fingerprint density at radius 2 is 1.83 bits per heavy atom. The Bertz CT molecular complexity index is 1330. The second-order valence-electron chi connectivity index (χ2n) is 6.69. The highest BCUT2D eigenvalue weighted by Gasteiger charge is 2.18. The molecule has 7 heteroatoms. The van der Waals surface area contributed by atoms with Crippen LogP contribution in [0.4, 0.5) is 20.3 Å². The smallest absolute Gasteiger partial charge is 0.147 e. The first-order valence-corrected chi connectivity index (χ1v) is 9.03. The van der Waals surface area contributed by atoms with Crippen LogP contribution in [0.5, 0.6) is 0 Å². The molecule has 2 heterocycles. The third-order valence-corrected chi connectivity index (χ3v) is 4.81. The highest BCUT2D eigenvalue weighted by molar-refractivity contribution is 5.93. The Balaban J connectivity index is 1.72. The van der Waals surface area contributed by atoms with Gasteiger partial charge in [0.25, 0.3) is 0 Å². The van der Waals surface area contributed by atoms with Crippen LogP contribution in [0.3, 0.4) is 0 Å². The van der Waals surface area contributed by atoms with Crippen LogP contribution in [0.2, 0.25) is 0 Å². The van der Waals surface area contributed by atoms with E-state index in [4.69, 9.17) is 0 Å². The van der Waals surface area contributed by atoms with E-state index in [1.165, 1.54) is 24.5 Å². The Morgan fingerprint density at radius 1 is 0.931 bits per heavy atom. The van der Waals surface area contributed by atoms with Crippen LogP contribution < -0.4 is 4.90 Å². The number of hydrogen-bond acceptors (Lipinski definition) is 4. The number of aromatic amines is 1. The maximum absolute atomic E-state index is 14.7. The highest BCUT2D eigenvalue weighted by atomic mass is 19.1. The van der Waals surface area contributed by atoms with Gasteiger partial charge in [0.2, 0.25) is 0 Å². The molecule has 0 radical (unpaired) electrons. The molecule has 0 spiro atoms. The molecule has 5 rings (SSSR count).